The lowest BCUT2D eigenvalue weighted by Gasteiger charge is -2.00. The van der Waals surface area contributed by atoms with Crippen LogP contribution in [0.1, 0.15) is 56.1 Å². The Morgan fingerprint density at radius 1 is 1.29 bits per heavy atom. The Hall–Kier alpha value is -1.39. The lowest BCUT2D eigenvalue weighted by molar-refractivity contribution is 0.0586. The third-order valence-electron chi connectivity index (χ3n) is 2.65. The highest BCUT2D eigenvalue weighted by Crippen LogP contribution is 2.06. The van der Waals surface area contributed by atoms with Gasteiger partial charge in [-0.1, -0.05) is 39.0 Å². The minimum absolute atomic E-state index is 0.137. The van der Waals surface area contributed by atoms with E-state index >= 15 is 0 Å². The van der Waals surface area contributed by atoms with Crippen LogP contribution in [0, 0.1) is 0 Å². The molecule has 0 fully saturated rings. The molecule has 5 nitrogen and oxygen atoms in total. The highest BCUT2D eigenvalue weighted by atomic mass is 16.5. The van der Waals surface area contributed by atoms with Crippen LogP contribution in [0.3, 0.4) is 0 Å². The monoisotopic (exact) mass is 239 g/mol. The molecule has 96 valence electrons. The van der Waals surface area contributed by atoms with Gasteiger partial charge in [-0.15, -0.1) is 5.10 Å². The second kappa shape index (κ2) is 7.81. The number of ether oxygens (including phenoxy) is 1. The summed E-state index contributed by atoms with van der Waals surface area (Å²) in [5, 5.41) is 4.05. The highest BCUT2D eigenvalue weighted by Gasteiger charge is 2.10. The minimum Gasteiger partial charge on any atom is -0.463 e. The molecule has 0 aromatic carbocycles. The van der Waals surface area contributed by atoms with Gasteiger partial charge in [0.25, 0.3) is 5.82 Å². The van der Waals surface area contributed by atoms with Crippen LogP contribution in [0.25, 0.3) is 0 Å². The van der Waals surface area contributed by atoms with E-state index < -0.39 is 5.97 Å². The summed E-state index contributed by atoms with van der Waals surface area (Å²) in [6, 6.07) is 0. The van der Waals surface area contributed by atoms with Crippen molar-refractivity contribution >= 4 is 5.97 Å². The Balaban J connectivity index is 2.19. The first-order valence-corrected chi connectivity index (χ1v) is 6.25. The zero-order chi connectivity index (χ0) is 12.5. The zero-order valence-corrected chi connectivity index (χ0v) is 10.7. The van der Waals surface area contributed by atoms with Crippen molar-refractivity contribution in [3.8, 4) is 0 Å². The van der Waals surface area contributed by atoms with E-state index in [1.807, 2.05) is 0 Å². The minimum atomic E-state index is -0.480. The van der Waals surface area contributed by atoms with E-state index in [4.69, 9.17) is 0 Å². The fraction of sp³-hybridized carbons (Fsp3) is 0.750. The maximum Gasteiger partial charge on any atom is 0.377 e. The number of carbonyl (C=O) groups excluding carboxylic acids is 1. The SMILES string of the molecule is CCCCCCCCn1cnc(C(=O)OC)n1. The van der Waals surface area contributed by atoms with Crippen molar-refractivity contribution in [2.24, 2.45) is 0 Å². The Bertz CT molecular complexity index is 336. The Labute approximate surface area is 102 Å². The first-order chi connectivity index (χ1) is 8.27. The summed E-state index contributed by atoms with van der Waals surface area (Å²) in [5.74, 6) is -0.342. The predicted octanol–water partition coefficient (Wildman–Crippen LogP) is 2.43. The number of aryl methyl sites for hydroxylation is 1. The van der Waals surface area contributed by atoms with Crippen molar-refractivity contribution in [1.82, 2.24) is 14.8 Å². The lowest BCUT2D eigenvalue weighted by atomic mass is 10.1. The molecule has 1 aromatic heterocycles. The number of rotatable bonds is 8. The first-order valence-electron chi connectivity index (χ1n) is 6.25. The molecule has 0 aliphatic carbocycles. The molecule has 1 aromatic rings. The molecule has 17 heavy (non-hydrogen) atoms. The average molecular weight is 239 g/mol. The smallest absolute Gasteiger partial charge is 0.377 e. The fourth-order valence-corrected chi connectivity index (χ4v) is 1.64. The summed E-state index contributed by atoms with van der Waals surface area (Å²) < 4.78 is 6.24. The van der Waals surface area contributed by atoms with Crippen LogP contribution >= 0.6 is 0 Å². The summed E-state index contributed by atoms with van der Waals surface area (Å²) in [5.41, 5.74) is 0. The van der Waals surface area contributed by atoms with E-state index in [1.165, 1.54) is 39.2 Å². The summed E-state index contributed by atoms with van der Waals surface area (Å²) in [6.07, 6.45) is 9.02. The largest absolute Gasteiger partial charge is 0.463 e. The molecule has 1 rings (SSSR count). The highest BCUT2D eigenvalue weighted by molar-refractivity contribution is 5.84. The molecule has 0 unspecified atom stereocenters. The van der Waals surface area contributed by atoms with Crippen molar-refractivity contribution in [2.75, 3.05) is 7.11 Å². The molecular formula is C12H21N3O2. The van der Waals surface area contributed by atoms with Gasteiger partial charge in [-0.2, -0.15) is 0 Å². The number of unbranched alkanes of at least 4 members (excludes halogenated alkanes) is 5. The van der Waals surface area contributed by atoms with Gasteiger partial charge >= 0.3 is 5.97 Å². The molecule has 5 heteroatoms. The molecule has 0 aliphatic rings. The first kappa shape index (κ1) is 13.7. The number of methoxy groups -OCH3 is 1. The average Bonchev–Trinajstić information content (AvgIpc) is 2.81. The van der Waals surface area contributed by atoms with E-state index in [0.717, 1.165) is 13.0 Å². The van der Waals surface area contributed by atoms with E-state index in [0.29, 0.717) is 0 Å². The van der Waals surface area contributed by atoms with Gasteiger partial charge in [0.1, 0.15) is 6.33 Å². The molecule has 0 saturated carbocycles. The number of aromatic nitrogens is 3. The molecule has 0 atom stereocenters. The van der Waals surface area contributed by atoms with Crippen LogP contribution in [0.2, 0.25) is 0 Å². The van der Waals surface area contributed by atoms with Crippen LogP contribution in [-0.2, 0) is 11.3 Å². The topological polar surface area (TPSA) is 57.0 Å². The normalized spacial score (nSPS) is 10.5. The molecule has 1 heterocycles. The standard InChI is InChI=1S/C12H21N3O2/c1-3-4-5-6-7-8-9-15-10-13-11(14-15)12(16)17-2/h10H,3-9H2,1-2H3. The summed E-state index contributed by atoms with van der Waals surface area (Å²) in [7, 11) is 1.33. The number of hydrogen-bond donors (Lipinski definition) is 0. The number of esters is 1. The van der Waals surface area contributed by atoms with Gasteiger partial charge in [-0.05, 0) is 6.42 Å². The summed E-state index contributed by atoms with van der Waals surface area (Å²) in [6.45, 7) is 3.03. The molecule has 0 aliphatic heterocycles. The molecule has 0 spiro atoms. The maximum atomic E-state index is 11.1. The van der Waals surface area contributed by atoms with Crippen molar-refractivity contribution < 1.29 is 9.53 Å². The van der Waals surface area contributed by atoms with Crippen molar-refractivity contribution in [3.05, 3.63) is 12.2 Å². The van der Waals surface area contributed by atoms with E-state index in [-0.39, 0.29) is 5.82 Å². The van der Waals surface area contributed by atoms with Gasteiger partial charge in [-0.25, -0.2) is 9.78 Å². The van der Waals surface area contributed by atoms with E-state index in [1.54, 1.807) is 11.0 Å². The Morgan fingerprint density at radius 3 is 2.71 bits per heavy atom. The predicted molar refractivity (Wildman–Crippen MR) is 64.7 cm³/mol. The lowest BCUT2D eigenvalue weighted by Crippen LogP contribution is -2.06. The van der Waals surface area contributed by atoms with Crippen LogP contribution in [0.4, 0.5) is 0 Å². The van der Waals surface area contributed by atoms with Crippen LogP contribution in [-0.4, -0.2) is 27.8 Å². The third kappa shape index (κ3) is 4.97. The van der Waals surface area contributed by atoms with Gasteiger partial charge in [-0.3, -0.25) is 4.68 Å². The second-order valence-electron chi connectivity index (χ2n) is 4.09. The van der Waals surface area contributed by atoms with Crippen LogP contribution in [0.15, 0.2) is 6.33 Å². The Kier molecular flexibility index (Phi) is 6.29. The molecule has 0 bridgehead atoms. The quantitative estimate of drug-likeness (QED) is 0.516. The van der Waals surface area contributed by atoms with Gasteiger partial charge in [0.05, 0.1) is 7.11 Å². The molecular weight excluding hydrogens is 218 g/mol. The summed E-state index contributed by atoms with van der Waals surface area (Å²) >= 11 is 0. The molecule has 0 N–H and O–H groups in total. The van der Waals surface area contributed by atoms with Crippen LogP contribution < -0.4 is 0 Å². The van der Waals surface area contributed by atoms with E-state index in [2.05, 4.69) is 21.7 Å². The maximum absolute atomic E-state index is 11.1. The van der Waals surface area contributed by atoms with Gasteiger partial charge in [0.2, 0.25) is 0 Å². The van der Waals surface area contributed by atoms with Gasteiger partial charge < -0.3 is 4.74 Å². The van der Waals surface area contributed by atoms with Crippen molar-refractivity contribution in [1.29, 1.82) is 0 Å². The Morgan fingerprint density at radius 2 is 2.00 bits per heavy atom. The third-order valence-corrected chi connectivity index (χ3v) is 2.65. The molecule has 0 saturated heterocycles. The molecule has 0 amide bonds. The summed E-state index contributed by atoms with van der Waals surface area (Å²) in [4.78, 5) is 15.0. The zero-order valence-electron chi connectivity index (χ0n) is 10.7. The second-order valence-corrected chi connectivity index (χ2v) is 4.09. The van der Waals surface area contributed by atoms with Crippen molar-refractivity contribution in [3.63, 3.8) is 0 Å². The van der Waals surface area contributed by atoms with E-state index in [9.17, 15) is 4.79 Å². The molecule has 0 radical (unpaired) electrons. The van der Waals surface area contributed by atoms with Gasteiger partial charge in [0.15, 0.2) is 0 Å². The number of nitrogens with zero attached hydrogens (tertiary/aromatic N) is 3. The number of carbonyl (C=O) groups is 1. The van der Waals surface area contributed by atoms with Gasteiger partial charge in [0, 0.05) is 6.54 Å². The van der Waals surface area contributed by atoms with Crippen molar-refractivity contribution in [2.45, 2.75) is 52.0 Å². The fourth-order valence-electron chi connectivity index (χ4n) is 1.64. The van der Waals surface area contributed by atoms with Crippen LogP contribution in [0.5, 0.6) is 0 Å². The number of hydrogen-bond acceptors (Lipinski definition) is 4.